The lowest BCUT2D eigenvalue weighted by atomic mass is 10.1. The molecule has 0 saturated carbocycles. The highest BCUT2D eigenvalue weighted by Crippen LogP contribution is 2.17. The van der Waals surface area contributed by atoms with Crippen molar-refractivity contribution in [2.45, 2.75) is 46.3 Å². The van der Waals surface area contributed by atoms with Gasteiger partial charge in [0.25, 0.3) is 0 Å². The standard InChI is InChI=1S/C12H21N3O/c1-5-12(3,4)16-11-9-14-10(8-15-11)7-13-6-2/h8-9,13H,5-7H2,1-4H3. The van der Waals surface area contributed by atoms with Gasteiger partial charge in [-0.2, -0.15) is 0 Å². The molecule has 0 unspecified atom stereocenters. The van der Waals surface area contributed by atoms with Crippen molar-refractivity contribution in [1.29, 1.82) is 0 Å². The molecule has 16 heavy (non-hydrogen) atoms. The Kier molecular flexibility index (Phi) is 4.68. The molecule has 0 aliphatic rings. The van der Waals surface area contributed by atoms with Crippen molar-refractivity contribution in [3.05, 3.63) is 18.1 Å². The van der Waals surface area contributed by atoms with Crippen molar-refractivity contribution in [3.8, 4) is 5.88 Å². The van der Waals surface area contributed by atoms with Gasteiger partial charge in [0.15, 0.2) is 0 Å². The first-order valence-electron chi connectivity index (χ1n) is 5.78. The third kappa shape index (κ3) is 4.14. The predicted molar refractivity (Wildman–Crippen MR) is 64.4 cm³/mol. The highest BCUT2D eigenvalue weighted by Gasteiger charge is 2.17. The zero-order valence-electron chi connectivity index (χ0n) is 10.6. The maximum absolute atomic E-state index is 5.72. The second-order valence-electron chi connectivity index (χ2n) is 4.34. The van der Waals surface area contributed by atoms with Crippen LogP contribution in [0.4, 0.5) is 0 Å². The number of nitrogens with one attached hydrogen (secondary N) is 1. The molecule has 0 saturated heterocycles. The van der Waals surface area contributed by atoms with Crippen molar-refractivity contribution in [3.63, 3.8) is 0 Å². The summed E-state index contributed by atoms with van der Waals surface area (Å²) in [6, 6.07) is 0. The molecule has 0 amide bonds. The summed E-state index contributed by atoms with van der Waals surface area (Å²) >= 11 is 0. The van der Waals surface area contributed by atoms with Gasteiger partial charge in [0, 0.05) is 6.54 Å². The summed E-state index contributed by atoms with van der Waals surface area (Å²) in [5.41, 5.74) is 0.751. The van der Waals surface area contributed by atoms with Crippen LogP contribution in [0.1, 0.15) is 39.8 Å². The van der Waals surface area contributed by atoms with Crippen LogP contribution in [0.5, 0.6) is 5.88 Å². The Labute approximate surface area is 97.5 Å². The summed E-state index contributed by atoms with van der Waals surface area (Å²) in [5, 5.41) is 3.20. The lowest BCUT2D eigenvalue weighted by Crippen LogP contribution is -2.27. The fraction of sp³-hybridized carbons (Fsp3) is 0.667. The van der Waals surface area contributed by atoms with E-state index >= 15 is 0 Å². The summed E-state index contributed by atoms with van der Waals surface area (Å²) < 4.78 is 5.72. The van der Waals surface area contributed by atoms with Crippen LogP contribution in [0.25, 0.3) is 0 Å². The van der Waals surface area contributed by atoms with Gasteiger partial charge in [-0.25, -0.2) is 4.98 Å². The Morgan fingerprint density at radius 1 is 1.25 bits per heavy atom. The molecule has 4 nitrogen and oxygen atoms in total. The molecule has 0 spiro atoms. The molecule has 0 radical (unpaired) electrons. The van der Waals surface area contributed by atoms with E-state index < -0.39 is 0 Å². The molecule has 0 atom stereocenters. The van der Waals surface area contributed by atoms with Crippen LogP contribution in [0.2, 0.25) is 0 Å². The normalized spacial score (nSPS) is 11.5. The molecule has 1 aromatic heterocycles. The first kappa shape index (κ1) is 12.9. The number of hydrogen-bond acceptors (Lipinski definition) is 4. The van der Waals surface area contributed by atoms with Crippen molar-refractivity contribution < 1.29 is 4.74 Å². The Balaban J connectivity index is 2.57. The van der Waals surface area contributed by atoms with Gasteiger partial charge < -0.3 is 10.1 Å². The Bertz CT molecular complexity index is 309. The highest BCUT2D eigenvalue weighted by atomic mass is 16.5. The van der Waals surface area contributed by atoms with Crippen LogP contribution in [0, 0.1) is 0 Å². The Hall–Kier alpha value is -1.16. The predicted octanol–water partition coefficient (Wildman–Crippen LogP) is 2.15. The summed E-state index contributed by atoms with van der Waals surface area (Å²) in [7, 11) is 0. The van der Waals surface area contributed by atoms with E-state index in [0.29, 0.717) is 5.88 Å². The highest BCUT2D eigenvalue weighted by molar-refractivity contribution is 5.08. The second kappa shape index (κ2) is 5.80. The molecule has 1 heterocycles. The van der Waals surface area contributed by atoms with E-state index in [1.807, 2.05) is 13.8 Å². The number of aromatic nitrogens is 2. The van der Waals surface area contributed by atoms with Crippen molar-refractivity contribution in [1.82, 2.24) is 15.3 Å². The Morgan fingerprint density at radius 2 is 2.00 bits per heavy atom. The van der Waals surface area contributed by atoms with Crippen molar-refractivity contribution in [2.24, 2.45) is 0 Å². The van der Waals surface area contributed by atoms with Gasteiger partial charge in [-0.1, -0.05) is 13.8 Å². The number of ether oxygens (including phenoxy) is 1. The van der Waals surface area contributed by atoms with Gasteiger partial charge in [-0.15, -0.1) is 0 Å². The largest absolute Gasteiger partial charge is 0.471 e. The lowest BCUT2D eigenvalue weighted by molar-refractivity contribution is 0.0983. The summed E-state index contributed by atoms with van der Waals surface area (Å²) in [6.45, 7) is 9.92. The molecule has 1 rings (SSSR count). The smallest absolute Gasteiger partial charge is 0.232 e. The lowest BCUT2D eigenvalue weighted by Gasteiger charge is -2.23. The quantitative estimate of drug-likeness (QED) is 0.802. The van der Waals surface area contributed by atoms with Crippen LogP contribution >= 0.6 is 0 Å². The van der Waals surface area contributed by atoms with Gasteiger partial charge >= 0.3 is 0 Å². The van der Waals surface area contributed by atoms with E-state index in [-0.39, 0.29) is 5.60 Å². The maximum Gasteiger partial charge on any atom is 0.232 e. The van der Waals surface area contributed by atoms with Crippen molar-refractivity contribution in [2.75, 3.05) is 6.54 Å². The van der Waals surface area contributed by atoms with Crippen LogP contribution in [0.15, 0.2) is 12.4 Å². The van der Waals surface area contributed by atoms with Gasteiger partial charge in [0.2, 0.25) is 5.88 Å². The number of rotatable bonds is 6. The van der Waals surface area contributed by atoms with E-state index in [2.05, 4.69) is 29.1 Å². The molecule has 4 heteroatoms. The van der Waals surface area contributed by atoms with Crippen LogP contribution in [-0.4, -0.2) is 22.1 Å². The molecule has 0 aromatic carbocycles. The molecular formula is C12H21N3O. The van der Waals surface area contributed by atoms with Gasteiger partial charge in [0.05, 0.1) is 18.1 Å². The fourth-order valence-corrected chi connectivity index (χ4v) is 1.10. The third-order valence-corrected chi connectivity index (χ3v) is 2.47. The average Bonchev–Trinajstić information content (AvgIpc) is 2.28. The Morgan fingerprint density at radius 3 is 2.50 bits per heavy atom. The summed E-state index contributed by atoms with van der Waals surface area (Å²) in [5.74, 6) is 0.590. The van der Waals surface area contributed by atoms with E-state index in [4.69, 9.17) is 4.74 Å². The van der Waals surface area contributed by atoms with Gasteiger partial charge in [-0.3, -0.25) is 4.98 Å². The first-order valence-corrected chi connectivity index (χ1v) is 5.78. The zero-order chi connectivity index (χ0) is 12.0. The van der Waals surface area contributed by atoms with Gasteiger partial charge in [0.1, 0.15) is 5.60 Å². The second-order valence-corrected chi connectivity index (χ2v) is 4.34. The van der Waals surface area contributed by atoms with Gasteiger partial charge in [-0.05, 0) is 26.8 Å². The van der Waals surface area contributed by atoms with E-state index in [1.165, 1.54) is 0 Å². The minimum atomic E-state index is -0.183. The maximum atomic E-state index is 5.72. The molecule has 0 fully saturated rings. The molecule has 0 bridgehead atoms. The average molecular weight is 223 g/mol. The summed E-state index contributed by atoms with van der Waals surface area (Å²) in [4.78, 5) is 8.52. The number of nitrogens with zero attached hydrogens (tertiary/aromatic N) is 2. The van der Waals surface area contributed by atoms with Crippen molar-refractivity contribution >= 4 is 0 Å². The number of hydrogen-bond donors (Lipinski definition) is 1. The topological polar surface area (TPSA) is 47.0 Å². The minimum Gasteiger partial charge on any atom is -0.471 e. The fourth-order valence-electron chi connectivity index (χ4n) is 1.10. The molecule has 90 valence electrons. The van der Waals surface area contributed by atoms with E-state index in [0.717, 1.165) is 25.2 Å². The molecular weight excluding hydrogens is 202 g/mol. The molecule has 0 aliphatic heterocycles. The minimum absolute atomic E-state index is 0.183. The monoisotopic (exact) mass is 223 g/mol. The molecule has 1 aromatic rings. The third-order valence-electron chi connectivity index (χ3n) is 2.47. The zero-order valence-corrected chi connectivity index (χ0v) is 10.6. The van der Waals surface area contributed by atoms with E-state index in [9.17, 15) is 0 Å². The SMILES string of the molecule is CCNCc1cnc(OC(C)(C)CC)cn1. The first-order chi connectivity index (χ1) is 7.57. The molecule has 1 N–H and O–H groups in total. The van der Waals surface area contributed by atoms with Crippen LogP contribution in [0.3, 0.4) is 0 Å². The molecule has 0 aliphatic carbocycles. The van der Waals surface area contributed by atoms with Crippen LogP contribution in [-0.2, 0) is 6.54 Å². The van der Waals surface area contributed by atoms with Crippen LogP contribution < -0.4 is 10.1 Å². The summed E-state index contributed by atoms with van der Waals surface area (Å²) in [6.07, 6.45) is 4.38. The van der Waals surface area contributed by atoms with E-state index in [1.54, 1.807) is 12.4 Å².